The molecule has 1 heterocycles. The number of hydrogen-bond acceptors (Lipinski definition) is 4. The van der Waals surface area contributed by atoms with E-state index in [1.54, 1.807) is 19.1 Å². The predicted molar refractivity (Wildman–Crippen MR) is 49.7 cm³/mol. The van der Waals surface area contributed by atoms with E-state index in [0.29, 0.717) is 11.6 Å². The van der Waals surface area contributed by atoms with Gasteiger partial charge in [0.1, 0.15) is 5.82 Å². The zero-order valence-corrected chi connectivity index (χ0v) is 8.06. The summed E-state index contributed by atoms with van der Waals surface area (Å²) in [5, 5.41) is 9.12. The smallest absolute Gasteiger partial charge is 0.225 e. The summed E-state index contributed by atoms with van der Waals surface area (Å²) in [5.41, 5.74) is 4.99. The van der Waals surface area contributed by atoms with Crippen molar-refractivity contribution in [1.82, 2.24) is 15.0 Å². The first-order valence-corrected chi connectivity index (χ1v) is 3.99. The fourth-order valence-corrected chi connectivity index (χ4v) is 0.795. The molecule has 0 bridgehead atoms. The van der Waals surface area contributed by atoms with Crippen molar-refractivity contribution in [3.8, 4) is 0 Å². The number of imidazole rings is 1. The predicted octanol–water partition coefficient (Wildman–Crippen LogP) is -0.00220. The summed E-state index contributed by atoms with van der Waals surface area (Å²) < 4.78 is 0. The summed E-state index contributed by atoms with van der Waals surface area (Å²) in [4.78, 5) is 17.3. The maximum atomic E-state index is 10.5. The van der Waals surface area contributed by atoms with Crippen molar-refractivity contribution in [2.75, 3.05) is 14.1 Å². The highest BCUT2D eigenvalue weighted by molar-refractivity contribution is 5.75. The molecule has 0 aliphatic heterocycles. The third-order valence-corrected chi connectivity index (χ3v) is 1.29. The number of primary amides is 1. The first-order valence-electron chi connectivity index (χ1n) is 3.99. The fraction of sp³-hybridized carbons (Fsp3) is 0.429. The first-order chi connectivity index (χ1) is 6.58. The van der Waals surface area contributed by atoms with E-state index in [2.05, 4.69) is 20.3 Å². The quantitative estimate of drug-likeness (QED) is 0.523. The third kappa shape index (κ3) is 3.21. The molecule has 3 N–H and O–H groups in total. The van der Waals surface area contributed by atoms with Gasteiger partial charge >= 0.3 is 0 Å². The van der Waals surface area contributed by atoms with Crippen LogP contribution in [0, 0.1) is 0 Å². The number of hydrogen-bond donors (Lipinski definition) is 2. The molecule has 7 nitrogen and oxygen atoms in total. The Morgan fingerprint density at radius 1 is 1.71 bits per heavy atom. The molecule has 0 spiro atoms. The lowest BCUT2D eigenvalue weighted by Gasteiger charge is -1.98. The maximum absolute atomic E-state index is 10.5. The number of carbonyl (C=O) groups excluding carboxylic acids is 1. The maximum Gasteiger partial charge on any atom is 0.225 e. The lowest BCUT2D eigenvalue weighted by molar-refractivity contribution is -0.117. The summed E-state index contributed by atoms with van der Waals surface area (Å²) in [6, 6.07) is 0. The molecule has 0 saturated carbocycles. The van der Waals surface area contributed by atoms with Crippen molar-refractivity contribution in [1.29, 1.82) is 0 Å². The van der Waals surface area contributed by atoms with Gasteiger partial charge in [-0.2, -0.15) is 0 Å². The first kappa shape index (κ1) is 10.2. The van der Waals surface area contributed by atoms with Crippen LogP contribution in [-0.2, 0) is 11.2 Å². The Labute approximate surface area is 81.0 Å². The van der Waals surface area contributed by atoms with Crippen LogP contribution in [0.25, 0.3) is 0 Å². The number of nitrogens with two attached hydrogens (primary N) is 1. The number of aromatic nitrogens is 2. The summed E-state index contributed by atoms with van der Waals surface area (Å²) in [5.74, 6) is 0.551. The second-order valence-corrected chi connectivity index (χ2v) is 2.89. The van der Waals surface area contributed by atoms with Crippen LogP contribution in [0.2, 0.25) is 0 Å². The van der Waals surface area contributed by atoms with Crippen molar-refractivity contribution in [2.24, 2.45) is 16.1 Å². The van der Waals surface area contributed by atoms with Crippen molar-refractivity contribution >= 4 is 11.7 Å². The topological polar surface area (TPSA) is 99.7 Å². The molecule has 14 heavy (non-hydrogen) atoms. The molecule has 0 saturated heterocycles. The third-order valence-electron chi connectivity index (χ3n) is 1.29. The Hall–Kier alpha value is -1.92. The number of carbonyl (C=O) groups is 1. The van der Waals surface area contributed by atoms with Gasteiger partial charge in [-0.3, -0.25) is 9.80 Å². The summed E-state index contributed by atoms with van der Waals surface area (Å²) >= 11 is 0. The van der Waals surface area contributed by atoms with Gasteiger partial charge in [-0.1, -0.05) is 5.22 Å². The van der Waals surface area contributed by atoms with Gasteiger partial charge in [-0.25, -0.2) is 4.98 Å². The fourth-order valence-electron chi connectivity index (χ4n) is 0.795. The van der Waals surface area contributed by atoms with E-state index in [0.717, 1.165) is 0 Å². The molecule has 7 heteroatoms. The van der Waals surface area contributed by atoms with Crippen LogP contribution < -0.4 is 5.73 Å². The average Bonchev–Trinajstić information content (AvgIpc) is 2.47. The van der Waals surface area contributed by atoms with Crippen LogP contribution in [0.1, 0.15) is 5.82 Å². The Kier molecular flexibility index (Phi) is 3.16. The minimum Gasteiger partial charge on any atom is -0.369 e. The second kappa shape index (κ2) is 4.35. The summed E-state index contributed by atoms with van der Waals surface area (Å²) in [6.07, 6.45) is 1.57. The van der Waals surface area contributed by atoms with Crippen LogP contribution in [-0.4, -0.2) is 35.0 Å². The van der Waals surface area contributed by atoms with Crippen LogP contribution in [0.3, 0.4) is 0 Å². The van der Waals surface area contributed by atoms with Crippen molar-refractivity contribution in [3.05, 3.63) is 12.0 Å². The van der Waals surface area contributed by atoms with Crippen LogP contribution in [0.15, 0.2) is 16.5 Å². The molecule has 0 aliphatic rings. The highest BCUT2D eigenvalue weighted by atomic mass is 16.1. The van der Waals surface area contributed by atoms with Gasteiger partial charge in [-0.15, -0.1) is 5.11 Å². The summed E-state index contributed by atoms with van der Waals surface area (Å²) in [7, 11) is 3.51. The number of amides is 1. The van der Waals surface area contributed by atoms with Gasteiger partial charge < -0.3 is 10.7 Å². The van der Waals surface area contributed by atoms with E-state index in [1.807, 2.05) is 0 Å². The van der Waals surface area contributed by atoms with Gasteiger partial charge in [0, 0.05) is 14.1 Å². The van der Waals surface area contributed by atoms with E-state index in [4.69, 9.17) is 5.73 Å². The van der Waals surface area contributed by atoms with E-state index >= 15 is 0 Å². The molecule has 0 aliphatic carbocycles. The SMILES string of the molecule is CN(C)N=Nc1cnc(CC(N)=O)[nH]1. The lowest BCUT2D eigenvalue weighted by atomic mass is 10.4. The molecule has 0 aromatic carbocycles. The molecule has 0 radical (unpaired) electrons. The number of rotatable bonds is 4. The van der Waals surface area contributed by atoms with Gasteiger partial charge in [0.05, 0.1) is 12.6 Å². The van der Waals surface area contributed by atoms with Crippen LogP contribution in [0.4, 0.5) is 5.82 Å². The average molecular weight is 196 g/mol. The Balaban J connectivity index is 2.63. The highest BCUT2D eigenvalue weighted by Gasteiger charge is 2.02. The highest BCUT2D eigenvalue weighted by Crippen LogP contribution is 2.08. The van der Waals surface area contributed by atoms with Gasteiger partial charge in [0.15, 0.2) is 5.82 Å². The minimum absolute atomic E-state index is 0.0808. The Morgan fingerprint density at radius 2 is 2.43 bits per heavy atom. The second-order valence-electron chi connectivity index (χ2n) is 2.89. The van der Waals surface area contributed by atoms with Crippen molar-refractivity contribution in [3.63, 3.8) is 0 Å². The van der Waals surface area contributed by atoms with Crippen molar-refractivity contribution < 1.29 is 4.79 Å². The molecular formula is C7H12N6O. The van der Waals surface area contributed by atoms with E-state index in [-0.39, 0.29) is 6.42 Å². The number of aromatic amines is 1. The van der Waals surface area contributed by atoms with Gasteiger partial charge in [0.25, 0.3) is 0 Å². The Bertz CT molecular complexity index is 342. The molecule has 0 unspecified atom stereocenters. The summed E-state index contributed by atoms with van der Waals surface area (Å²) in [6.45, 7) is 0. The van der Waals surface area contributed by atoms with Gasteiger partial charge in [0.2, 0.25) is 5.91 Å². The van der Waals surface area contributed by atoms with E-state index < -0.39 is 5.91 Å². The zero-order valence-electron chi connectivity index (χ0n) is 8.06. The molecule has 1 rings (SSSR count). The van der Waals surface area contributed by atoms with Crippen LogP contribution >= 0.6 is 0 Å². The standard InChI is InChI=1S/C7H12N6O/c1-13(2)12-11-7-4-9-6(10-7)3-5(8)14/h4H,3H2,1-2H3,(H2,8,14)(H,9,10). The van der Waals surface area contributed by atoms with Gasteiger partial charge in [-0.05, 0) is 0 Å². The number of nitrogens with one attached hydrogen (secondary N) is 1. The molecular weight excluding hydrogens is 184 g/mol. The van der Waals surface area contributed by atoms with E-state index in [1.165, 1.54) is 6.20 Å². The zero-order chi connectivity index (χ0) is 10.6. The van der Waals surface area contributed by atoms with E-state index in [9.17, 15) is 4.79 Å². The largest absolute Gasteiger partial charge is 0.369 e. The molecule has 76 valence electrons. The monoisotopic (exact) mass is 196 g/mol. The number of nitrogens with zero attached hydrogens (tertiary/aromatic N) is 4. The molecule has 1 aromatic heterocycles. The van der Waals surface area contributed by atoms with Crippen LogP contribution in [0.5, 0.6) is 0 Å². The minimum atomic E-state index is -0.435. The molecule has 0 atom stereocenters. The molecule has 0 fully saturated rings. The molecule has 1 amide bonds. The number of H-pyrrole nitrogens is 1. The lowest BCUT2D eigenvalue weighted by Crippen LogP contribution is -2.14. The Morgan fingerprint density at radius 3 is 3.00 bits per heavy atom. The van der Waals surface area contributed by atoms with Crippen molar-refractivity contribution in [2.45, 2.75) is 6.42 Å². The normalized spacial score (nSPS) is 10.7. The molecule has 1 aromatic rings.